The average Bonchev–Trinajstić information content (AvgIpc) is 2.19. The second-order valence-corrected chi connectivity index (χ2v) is 3.53. The van der Waals surface area contributed by atoms with Crippen LogP contribution in [0, 0.1) is 6.92 Å². The number of hydrogen-bond donors (Lipinski definition) is 0. The molecule has 1 heterocycles. The summed E-state index contributed by atoms with van der Waals surface area (Å²) in [6.45, 7) is 3.24. The van der Waals surface area contributed by atoms with Gasteiger partial charge >= 0.3 is 0 Å². The molecule has 0 radical (unpaired) electrons. The van der Waals surface area contributed by atoms with Crippen molar-refractivity contribution in [1.82, 2.24) is 0 Å². The molecule has 0 unspecified atom stereocenters. The highest BCUT2D eigenvalue weighted by Crippen LogP contribution is 2.13. The molecule has 0 N–H and O–H groups in total. The molecule has 1 aromatic heterocycles. The molecule has 3 nitrogen and oxygen atoms in total. The third-order valence-electron chi connectivity index (χ3n) is 2.31. The zero-order chi connectivity index (χ0) is 11.0. The highest BCUT2D eigenvalue weighted by Gasteiger charge is 2.10. The van der Waals surface area contributed by atoms with Crippen LogP contribution in [0.2, 0.25) is 0 Å². The van der Waals surface area contributed by atoms with E-state index in [1.54, 1.807) is 12.1 Å². The molecule has 0 aliphatic carbocycles. The molecule has 0 spiro atoms. The normalized spacial score (nSPS) is 10.5. The van der Waals surface area contributed by atoms with Gasteiger partial charge in [-0.2, -0.15) is 0 Å². The van der Waals surface area contributed by atoms with E-state index in [4.69, 9.17) is 4.42 Å². The van der Waals surface area contributed by atoms with E-state index < -0.39 is 0 Å². The molecule has 2 aromatic rings. The van der Waals surface area contributed by atoms with Crippen molar-refractivity contribution in [2.24, 2.45) is 0 Å². The summed E-state index contributed by atoms with van der Waals surface area (Å²) in [5, 5.41) is 0.461. The maximum Gasteiger partial charge on any atom is 0.203 e. The smallest absolute Gasteiger partial charge is 0.203 e. The molecule has 0 saturated carbocycles. The highest BCUT2D eigenvalue weighted by molar-refractivity contribution is 5.96. The first-order valence-electron chi connectivity index (χ1n) is 4.62. The summed E-state index contributed by atoms with van der Waals surface area (Å²) in [7, 11) is 0. The molecule has 76 valence electrons. The molecule has 0 aliphatic heterocycles. The lowest BCUT2D eigenvalue weighted by Crippen LogP contribution is -2.12. The Morgan fingerprint density at radius 2 is 2.07 bits per heavy atom. The summed E-state index contributed by atoms with van der Waals surface area (Å²) in [5.41, 5.74) is 1.33. The van der Waals surface area contributed by atoms with Gasteiger partial charge in [-0.05, 0) is 26.0 Å². The first kappa shape index (κ1) is 9.65. The Bertz CT molecular complexity index is 593. The Morgan fingerprint density at radius 1 is 1.33 bits per heavy atom. The second-order valence-electron chi connectivity index (χ2n) is 3.53. The maximum absolute atomic E-state index is 11.8. The number of benzene rings is 1. The number of ketones is 1. The van der Waals surface area contributed by atoms with Crippen LogP contribution in [0.25, 0.3) is 11.0 Å². The number of fused-ring (bicyclic) bond motifs is 1. The standard InChI is InChI=1S/C12H10O3/c1-7-3-4-11-9(5-7)12(14)10(6-15-11)8(2)13/h3-6H,1-2H3. The summed E-state index contributed by atoms with van der Waals surface area (Å²) in [4.78, 5) is 23.0. The lowest BCUT2D eigenvalue weighted by molar-refractivity contribution is 0.101. The van der Waals surface area contributed by atoms with Crippen molar-refractivity contribution in [1.29, 1.82) is 0 Å². The average molecular weight is 202 g/mol. The quantitative estimate of drug-likeness (QED) is 0.666. The van der Waals surface area contributed by atoms with E-state index in [1.165, 1.54) is 13.2 Å². The minimum Gasteiger partial charge on any atom is -0.463 e. The van der Waals surface area contributed by atoms with Gasteiger partial charge in [0.1, 0.15) is 17.4 Å². The van der Waals surface area contributed by atoms with Crippen LogP contribution in [0.4, 0.5) is 0 Å². The molecule has 0 fully saturated rings. The van der Waals surface area contributed by atoms with Gasteiger partial charge in [-0.1, -0.05) is 11.6 Å². The van der Waals surface area contributed by atoms with Crippen molar-refractivity contribution in [2.45, 2.75) is 13.8 Å². The van der Waals surface area contributed by atoms with Gasteiger partial charge in [0.25, 0.3) is 0 Å². The van der Waals surface area contributed by atoms with Crippen LogP contribution in [0.1, 0.15) is 22.8 Å². The Kier molecular flexibility index (Phi) is 2.15. The number of aryl methyl sites for hydroxylation is 1. The molecule has 1 aromatic carbocycles. The fraction of sp³-hybridized carbons (Fsp3) is 0.167. The van der Waals surface area contributed by atoms with Gasteiger partial charge in [0.15, 0.2) is 5.78 Å². The third-order valence-corrected chi connectivity index (χ3v) is 2.31. The van der Waals surface area contributed by atoms with Gasteiger partial charge < -0.3 is 4.42 Å². The van der Waals surface area contributed by atoms with Crippen LogP contribution in [-0.2, 0) is 0 Å². The van der Waals surface area contributed by atoms with Gasteiger partial charge in [0.2, 0.25) is 5.43 Å². The number of carbonyl (C=O) groups excluding carboxylic acids is 1. The summed E-state index contributed by atoms with van der Waals surface area (Å²) in [6.07, 6.45) is 1.22. The Balaban J connectivity index is 2.89. The fourth-order valence-electron chi connectivity index (χ4n) is 1.49. The molecular formula is C12H10O3. The number of hydrogen-bond acceptors (Lipinski definition) is 3. The summed E-state index contributed by atoms with van der Waals surface area (Å²) in [6, 6.07) is 5.32. The Hall–Kier alpha value is -1.90. The molecule has 3 heteroatoms. The largest absolute Gasteiger partial charge is 0.463 e. The molecule has 0 aliphatic rings. The maximum atomic E-state index is 11.8. The summed E-state index contributed by atoms with van der Waals surface area (Å²) < 4.78 is 5.22. The van der Waals surface area contributed by atoms with Crippen molar-refractivity contribution < 1.29 is 9.21 Å². The molecular weight excluding hydrogens is 192 g/mol. The summed E-state index contributed by atoms with van der Waals surface area (Å²) >= 11 is 0. The predicted molar refractivity (Wildman–Crippen MR) is 57.2 cm³/mol. The predicted octanol–water partition coefficient (Wildman–Crippen LogP) is 2.30. The first-order valence-corrected chi connectivity index (χ1v) is 4.62. The van der Waals surface area contributed by atoms with E-state index in [9.17, 15) is 9.59 Å². The van der Waals surface area contributed by atoms with E-state index in [2.05, 4.69) is 0 Å². The van der Waals surface area contributed by atoms with Gasteiger partial charge in [-0.3, -0.25) is 9.59 Å². The molecule has 0 amide bonds. The number of carbonyl (C=O) groups is 1. The van der Waals surface area contributed by atoms with E-state index in [0.29, 0.717) is 11.0 Å². The molecule has 0 saturated heterocycles. The fourth-order valence-corrected chi connectivity index (χ4v) is 1.49. The van der Waals surface area contributed by atoms with Crippen molar-refractivity contribution in [3.8, 4) is 0 Å². The lowest BCUT2D eigenvalue weighted by Gasteiger charge is -1.99. The van der Waals surface area contributed by atoms with Crippen molar-refractivity contribution >= 4 is 16.8 Å². The van der Waals surface area contributed by atoms with E-state index in [0.717, 1.165) is 5.56 Å². The zero-order valence-electron chi connectivity index (χ0n) is 8.53. The van der Waals surface area contributed by atoms with Crippen LogP contribution in [0.5, 0.6) is 0 Å². The van der Waals surface area contributed by atoms with Crippen LogP contribution < -0.4 is 5.43 Å². The van der Waals surface area contributed by atoms with E-state index in [-0.39, 0.29) is 16.8 Å². The van der Waals surface area contributed by atoms with Gasteiger partial charge in [0, 0.05) is 0 Å². The monoisotopic (exact) mass is 202 g/mol. The Labute approximate surface area is 86.3 Å². The van der Waals surface area contributed by atoms with Gasteiger partial charge in [-0.25, -0.2) is 0 Å². The van der Waals surface area contributed by atoms with Crippen molar-refractivity contribution in [3.63, 3.8) is 0 Å². The third kappa shape index (κ3) is 1.56. The van der Waals surface area contributed by atoms with E-state index >= 15 is 0 Å². The molecule has 2 rings (SSSR count). The van der Waals surface area contributed by atoms with Crippen molar-refractivity contribution in [3.05, 3.63) is 45.8 Å². The molecule has 0 atom stereocenters. The van der Waals surface area contributed by atoms with Crippen LogP contribution >= 0.6 is 0 Å². The Morgan fingerprint density at radius 3 is 2.73 bits per heavy atom. The first-order chi connectivity index (χ1) is 7.09. The zero-order valence-corrected chi connectivity index (χ0v) is 8.53. The molecule has 15 heavy (non-hydrogen) atoms. The minimum atomic E-state index is -0.271. The van der Waals surface area contributed by atoms with E-state index in [1.807, 2.05) is 13.0 Å². The number of rotatable bonds is 1. The SMILES string of the molecule is CC(=O)c1coc2ccc(C)cc2c1=O. The molecule has 0 bridgehead atoms. The topological polar surface area (TPSA) is 47.3 Å². The number of Topliss-reactive ketones (excluding diaryl/α,β-unsaturated/α-hetero) is 1. The minimum absolute atomic E-state index is 0.105. The van der Waals surface area contributed by atoms with Crippen LogP contribution in [-0.4, -0.2) is 5.78 Å². The lowest BCUT2D eigenvalue weighted by atomic mass is 10.1. The highest BCUT2D eigenvalue weighted by atomic mass is 16.3. The summed E-state index contributed by atoms with van der Waals surface area (Å²) in [5.74, 6) is -0.271. The van der Waals surface area contributed by atoms with Gasteiger partial charge in [-0.15, -0.1) is 0 Å². The van der Waals surface area contributed by atoms with Crippen molar-refractivity contribution in [2.75, 3.05) is 0 Å². The van der Waals surface area contributed by atoms with Gasteiger partial charge in [0.05, 0.1) is 5.39 Å². The van der Waals surface area contributed by atoms with Crippen LogP contribution in [0.3, 0.4) is 0 Å². The van der Waals surface area contributed by atoms with Crippen LogP contribution in [0.15, 0.2) is 33.7 Å². The second kappa shape index (κ2) is 3.35.